The molecule has 0 aliphatic heterocycles. The van der Waals surface area contributed by atoms with Crippen molar-refractivity contribution in [2.75, 3.05) is 0 Å². The normalized spacial score (nSPS) is 12.4. The molecule has 2 aromatic carbocycles. The molecule has 1 unspecified atom stereocenters. The first-order valence-corrected chi connectivity index (χ1v) is 6.73. The molecule has 2 aromatic rings. The minimum Gasteiger partial charge on any atom is -0.310 e. The van der Waals surface area contributed by atoms with Gasteiger partial charge < -0.3 is 5.32 Å². The van der Waals surface area contributed by atoms with Gasteiger partial charge in [-0.15, -0.1) is 0 Å². The van der Waals surface area contributed by atoms with Gasteiger partial charge in [0.25, 0.3) is 0 Å². The van der Waals surface area contributed by atoms with Crippen LogP contribution in [0.25, 0.3) is 0 Å². The van der Waals surface area contributed by atoms with E-state index >= 15 is 0 Å². The summed E-state index contributed by atoms with van der Waals surface area (Å²) in [6, 6.07) is 14.9. The van der Waals surface area contributed by atoms with Gasteiger partial charge in [0.1, 0.15) is 5.82 Å². The highest BCUT2D eigenvalue weighted by Gasteiger charge is 2.04. The lowest BCUT2D eigenvalue weighted by Gasteiger charge is -2.14. The SMILES string of the molecule is CC(Cc1ccc(Cl)cc1)NCc1cccc(F)c1. The maximum absolute atomic E-state index is 13.0. The third kappa shape index (κ3) is 4.66. The van der Waals surface area contributed by atoms with E-state index in [1.54, 1.807) is 12.1 Å². The molecule has 0 radical (unpaired) electrons. The second-order valence-electron chi connectivity index (χ2n) is 4.74. The molecule has 0 saturated carbocycles. The summed E-state index contributed by atoms with van der Waals surface area (Å²) in [4.78, 5) is 0. The van der Waals surface area contributed by atoms with E-state index < -0.39 is 0 Å². The van der Waals surface area contributed by atoms with E-state index in [1.165, 1.54) is 11.6 Å². The van der Waals surface area contributed by atoms with Crippen molar-refractivity contribution >= 4 is 11.6 Å². The topological polar surface area (TPSA) is 12.0 Å². The largest absolute Gasteiger partial charge is 0.310 e. The fraction of sp³-hybridized carbons (Fsp3) is 0.250. The van der Waals surface area contributed by atoms with Crippen molar-refractivity contribution in [3.8, 4) is 0 Å². The molecule has 19 heavy (non-hydrogen) atoms. The average molecular weight is 278 g/mol. The van der Waals surface area contributed by atoms with Crippen molar-refractivity contribution < 1.29 is 4.39 Å². The number of hydrogen-bond acceptors (Lipinski definition) is 1. The number of halogens is 2. The number of benzene rings is 2. The van der Waals surface area contributed by atoms with Gasteiger partial charge in [-0.05, 0) is 48.7 Å². The Balaban J connectivity index is 1.84. The lowest BCUT2D eigenvalue weighted by atomic mass is 10.1. The zero-order chi connectivity index (χ0) is 13.7. The summed E-state index contributed by atoms with van der Waals surface area (Å²) in [5.41, 5.74) is 2.20. The lowest BCUT2D eigenvalue weighted by molar-refractivity contribution is 0.542. The number of nitrogens with one attached hydrogen (secondary N) is 1. The second-order valence-corrected chi connectivity index (χ2v) is 5.18. The van der Waals surface area contributed by atoms with Crippen LogP contribution in [-0.2, 0) is 13.0 Å². The number of rotatable bonds is 5. The van der Waals surface area contributed by atoms with Gasteiger partial charge in [-0.3, -0.25) is 0 Å². The van der Waals surface area contributed by atoms with Gasteiger partial charge in [0, 0.05) is 17.6 Å². The molecule has 1 atom stereocenters. The van der Waals surface area contributed by atoms with E-state index in [0.717, 1.165) is 17.0 Å². The Kier molecular flexibility index (Phi) is 4.94. The molecule has 100 valence electrons. The van der Waals surface area contributed by atoms with E-state index in [9.17, 15) is 4.39 Å². The standard InChI is InChI=1S/C16H17ClFN/c1-12(9-13-5-7-15(17)8-6-13)19-11-14-3-2-4-16(18)10-14/h2-8,10,12,19H,9,11H2,1H3. The molecule has 1 N–H and O–H groups in total. The van der Waals surface area contributed by atoms with Crippen LogP contribution < -0.4 is 5.32 Å². The van der Waals surface area contributed by atoms with Crippen LogP contribution in [0.1, 0.15) is 18.1 Å². The molecule has 0 aromatic heterocycles. The van der Waals surface area contributed by atoms with Crippen molar-refractivity contribution in [1.29, 1.82) is 0 Å². The molecule has 0 saturated heterocycles. The Morgan fingerprint density at radius 2 is 1.84 bits per heavy atom. The summed E-state index contributed by atoms with van der Waals surface area (Å²) in [6.45, 7) is 2.79. The maximum atomic E-state index is 13.0. The fourth-order valence-electron chi connectivity index (χ4n) is 1.99. The fourth-order valence-corrected chi connectivity index (χ4v) is 2.11. The van der Waals surface area contributed by atoms with Crippen LogP contribution in [-0.4, -0.2) is 6.04 Å². The Hall–Kier alpha value is -1.38. The highest BCUT2D eigenvalue weighted by atomic mass is 35.5. The average Bonchev–Trinajstić information content (AvgIpc) is 2.39. The molecule has 1 nitrogen and oxygen atoms in total. The summed E-state index contributed by atoms with van der Waals surface area (Å²) >= 11 is 5.85. The first kappa shape index (κ1) is 14.0. The van der Waals surface area contributed by atoms with Crippen LogP contribution in [0.2, 0.25) is 5.02 Å². The molecule has 0 aliphatic carbocycles. The van der Waals surface area contributed by atoms with Gasteiger partial charge in [-0.2, -0.15) is 0 Å². The first-order valence-electron chi connectivity index (χ1n) is 6.36. The van der Waals surface area contributed by atoms with E-state index in [0.29, 0.717) is 12.6 Å². The highest BCUT2D eigenvalue weighted by Crippen LogP contribution is 2.11. The summed E-state index contributed by atoms with van der Waals surface area (Å²) in [5.74, 6) is -0.190. The summed E-state index contributed by atoms with van der Waals surface area (Å²) in [7, 11) is 0. The van der Waals surface area contributed by atoms with Crippen molar-refractivity contribution in [2.45, 2.75) is 25.9 Å². The summed E-state index contributed by atoms with van der Waals surface area (Å²) in [5, 5.41) is 4.14. The van der Waals surface area contributed by atoms with Gasteiger partial charge in [0.15, 0.2) is 0 Å². The van der Waals surface area contributed by atoms with Crippen LogP contribution in [0.4, 0.5) is 4.39 Å². The predicted molar refractivity (Wildman–Crippen MR) is 77.9 cm³/mol. The van der Waals surface area contributed by atoms with Crippen LogP contribution in [0.5, 0.6) is 0 Å². The molecule has 0 spiro atoms. The van der Waals surface area contributed by atoms with Crippen molar-refractivity contribution in [2.24, 2.45) is 0 Å². The van der Waals surface area contributed by atoms with Gasteiger partial charge in [-0.25, -0.2) is 4.39 Å². The lowest BCUT2D eigenvalue weighted by Crippen LogP contribution is -2.27. The summed E-state index contributed by atoms with van der Waals surface area (Å²) in [6.07, 6.45) is 0.923. The van der Waals surface area contributed by atoms with Crippen molar-refractivity contribution in [3.05, 3.63) is 70.5 Å². The van der Waals surface area contributed by atoms with Crippen LogP contribution in [0, 0.1) is 5.82 Å². The third-order valence-electron chi connectivity index (χ3n) is 3.00. The molecule has 0 bridgehead atoms. The molecule has 0 fully saturated rings. The van der Waals surface area contributed by atoms with E-state index in [1.807, 2.05) is 30.3 Å². The van der Waals surface area contributed by atoms with Crippen LogP contribution in [0.15, 0.2) is 48.5 Å². The quantitative estimate of drug-likeness (QED) is 0.864. The minimum absolute atomic E-state index is 0.190. The smallest absolute Gasteiger partial charge is 0.123 e. The Morgan fingerprint density at radius 1 is 1.11 bits per heavy atom. The van der Waals surface area contributed by atoms with E-state index in [4.69, 9.17) is 11.6 Å². The van der Waals surface area contributed by atoms with Crippen molar-refractivity contribution in [1.82, 2.24) is 5.32 Å². The monoisotopic (exact) mass is 277 g/mol. The van der Waals surface area contributed by atoms with Gasteiger partial charge in [-0.1, -0.05) is 35.9 Å². The van der Waals surface area contributed by atoms with Gasteiger partial charge in [0.05, 0.1) is 0 Å². The zero-order valence-corrected chi connectivity index (χ0v) is 11.6. The molecule has 0 amide bonds. The Labute approximate surface area is 118 Å². The van der Waals surface area contributed by atoms with E-state index in [2.05, 4.69) is 12.2 Å². The molecular formula is C16H17ClFN. The Bertz CT molecular complexity index is 525. The van der Waals surface area contributed by atoms with Crippen LogP contribution >= 0.6 is 11.6 Å². The zero-order valence-electron chi connectivity index (χ0n) is 10.9. The molecular weight excluding hydrogens is 261 g/mol. The van der Waals surface area contributed by atoms with Gasteiger partial charge in [0.2, 0.25) is 0 Å². The number of hydrogen-bond donors (Lipinski definition) is 1. The second kappa shape index (κ2) is 6.69. The Morgan fingerprint density at radius 3 is 2.53 bits per heavy atom. The minimum atomic E-state index is -0.190. The predicted octanol–water partition coefficient (Wildman–Crippen LogP) is 4.20. The maximum Gasteiger partial charge on any atom is 0.123 e. The molecule has 0 heterocycles. The van der Waals surface area contributed by atoms with Crippen LogP contribution in [0.3, 0.4) is 0 Å². The van der Waals surface area contributed by atoms with E-state index in [-0.39, 0.29) is 5.82 Å². The highest BCUT2D eigenvalue weighted by molar-refractivity contribution is 6.30. The molecule has 3 heteroatoms. The molecule has 0 aliphatic rings. The van der Waals surface area contributed by atoms with Crippen molar-refractivity contribution in [3.63, 3.8) is 0 Å². The first-order chi connectivity index (χ1) is 9.13. The summed E-state index contributed by atoms with van der Waals surface area (Å²) < 4.78 is 13.0. The van der Waals surface area contributed by atoms with Gasteiger partial charge >= 0.3 is 0 Å². The third-order valence-corrected chi connectivity index (χ3v) is 3.25. The molecule has 2 rings (SSSR count).